The molecule has 0 spiro atoms. The average Bonchev–Trinajstić information content (AvgIpc) is 3.20. The van der Waals surface area contributed by atoms with Crippen LogP contribution in [0.3, 0.4) is 0 Å². The Labute approximate surface area is 158 Å². The third-order valence-corrected chi connectivity index (χ3v) is 5.07. The Kier molecular flexibility index (Phi) is 4.48. The molecule has 0 aliphatic rings. The van der Waals surface area contributed by atoms with E-state index in [4.69, 9.17) is 16.3 Å². The van der Waals surface area contributed by atoms with Crippen LogP contribution in [-0.2, 0) is 6.54 Å². The number of rotatable bonds is 5. The molecular weight excluding hydrogens is 375 g/mol. The standard InChI is InChI=1S/C18H14ClFN4OS/c1-25-14-8-4-12(5-9-14)15-16(19)24-18(22-15)26-17(23-24)21-10-11-2-6-13(20)7-3-11/h2-9H,10H2,1H3,(H,21,23). The second-order valence-corrected chi connectivity index (χ2v) is 6.88. The van der Waals surface area contributed by atoms with Crippen molar-refractivity contribution in [2.24, 2.45) is 0 Å². The molecule has 0 radical (unpaired) electrons. The van der Waals surface area contributed by atoms with E-state index < -0.39 is 0 Å². The number of fused-ring (bicyclic) bond motifs is 1. The van der Waals surface area contributed by atoms with Crippen molar-refractivity contribution in [3.8, 4) is 17.0 Å². The van der Waals surface area contributed by atoms with Gasteiger partial charge >= 0.3 is 0 Å². The highest BCUT2D eigenvalue weighted by Crippen LogP contribution is 2.32. The van der Waals surface area contributed by atoms with Crippen LogP contribution >= 0.6 is 22.9 Å². The number of benzene rings is 2. The molecule has 0 aliphatic heterocycles. The summed E-state index contributed by atoms with van der Waals surface area (Å²) in [6.45, 7) is 0.542. The Morgan fingerprint density at radius 3 is 2.54 bits per heavy atom. The topological polar surface area (TPSA) is 51.5 Å². The first kappa shape index (κ1) is 16.8. The SMILES string of the molecule is COc1ccc(-c2nc3sc(NCc4ccc(F)cc4)nn3c2Cl)cc1. The third-order valence-electron chi connectivity index (χ3n) is 3.87. The number of halogens is 2. The van der Waals surface area contributed by atoms with E-state index in [0.717, 1.165) is 16.9 Å². The number of nitrogens with zero attached hydrogens (tertiary/aromatic N) is 3. The van der Waals surface area contributed by atoms with Crippen LogP contribution in [0.5, 0.6) is 5.75 Å². The van der Waals surface area contributed by atoms with E-state index in [2.05, 4.69) is 15.4 Å². The van der Waals surface area contributed by atoms with Gasteiger partial charge in [0.2, 0.25) is 10.1 Å². The number of ether oxygens (including phenoxy) is 1. The van der Waals surface area contributed by atoms with Crippen molar-refractivity contribution in [1.82, 2.24) is 14.6 Å². The Bertz CT molecular complexity index is 1040. The van der Waals surface area contributed by atoms with Gasteiger partial charge < -0.3 is 10.1 Å². The van der Waals surface area contributed by atoms with Crippen LogP contribution in [0.25, 0.3) is 16.2 Å². The molecule has 0 saturated carbocycles. The van der Waals surface area contributed by atoms with Crippen LogP contribution in [0.2, 0.25) is 5.15 Å². The molecule has 0 aliphatic carbocycles. The molecule has 0 bridgehead atoms. The molecule has 0 amide bonds. The molecule has 8 heteroatoms. The predicted molar refractivity (Wildman–Crippen MR) is 102 cm³/mol. The highest BCUT2D eigenvalue weighted by atomic mass is 35.5. The van der Waals surface area contributed by atoms with Gasteiger partial charge in [-0.05, 0) is 42.0 Å². The fourth-order valence-corrected chi connectivity index (χ4v) is 3.62. The summed E-state index contributed by atoms with van der Waals surface area (Å²) < 4.78 is 19.7. The summed E-state index contributed by atoms with van der Waals surface area (Å²) in [5, 5.41) is 8.81. The molecule has 132 valence electrons. The first-order valence-electron chi connectivity index (χ1n) is 7.82. The lowest BCUT2D eigenvalue weighted by atomic mass is 10.2. The van der Waals surface area contributed by atoms with Gasteiger partial charge in [-0.1, -0.05) is 35.1 Å². The lowest BCUT2D eigenvalue weighted by Crippen LogP contribution is -1.99. The fourth-order valence-electron chi connectivity index (χ4n) is 2.51. The predicted octanol–water partition coefficient (Wildman–Crippen LogP) is 4.87. The number of hydrogen-bond donors (Lipinski definition) is 1. The number of aromatic nitrogens is 3. The Balaban J connectivity index is 1.55. The summed E-state index contributed by atoms with van der Waals surface area (Å²) in [5.74, 6) is 0.524. The maximum absolute atomic E-state index is 12.9. The van der Waals surface area contributed by atoms with Crippen molar-refractivity contribution in [2.45, 2.75) is 6.54 Å². The van der Waals surface area contributed by atoms with E-state index in [1.807, 2.05) is 24.3 Å². The lowest BCUT2D eigenvalue weighted by Gasteiger charge is -2.02. The maximum atomic E-state index is 12.9. The molecule has 2 heterocycles. The van der Waals surface area contributed by atoms with Crippen molar-refractivity contribution in [3.05, 3.63) is 65.1 Å². The Hall–Kier alpha value is -2.64. The number of hydrogen-bond acceptors (Lipinski definition) is 5. The zero-order valence-corrected chi connectivity index (χ0v) is 15.3. The summed E-state index contributed by atoms with van der Waals surface area (Å²) in [5.41, 5.74) is 2.54. The summed E-state index contributed by atoms with van der Waals surface area (Å²) in [4.78, 5) is 5.28. The van der Waals surface area contributed by atoms with Crippen molar-refractivity contribution in [1.29, 1.82) is 0 Å². The number of anilines is 1. The quantitative estimate of drug-likeness (QED) is 0.530. The number of nitrogens with one attached hydrogen (secondary N) is 1. The van der Waals surface area contributed by atoms with Gasteiger partial charge in [0.05, 0.1) is 7.11 Å². The summed E-state index contributed by atoms with van der Waals surface area (Å²) in [6, 6.07) is 13.9. The van der Waals surface area contributed by atoms with Crippen molar-refractivity contribution >= 4 is 33.0 Å². The van der Waals surface area contributed by atoms with E-state index in [-0.39, 0.29) is 5.82 Å². The lowest BCUT2D eigenvalue weighted by molar-refractivity contribution is 0.415. The van der Waals surface area contributed by atoms with Gasteiger partial charge in [0.1, 0.15) is 17.3 Å². The van der Waals surface area contributed by atoms with E-state index in [1.165, 1.54) is 23.5 Å². The van der Waals surface area contributed by atoms with Crippen LogP contribution < -0.4 is 10.1 Å². The minimum atomic E-state index is -0.251. The van der Waals surface area contributed by atoms with Gasteiger partial charge in [-0.2, -0.15) is 4.52 Å². The molecule has 26 heavy (non-hydrogen) atoms. The normalized spacial score (nSPS) is 11.0. The summed E-state index contributed by atoms with van der Waals surface area (Å²) in [6.07, 6.45) is 0. The zero-order valence-electron chi connectivity index (χ0n) is 13.7. The summed E-state index contributed by atoms with van der Waals surface area (Å²) in [7, 11) is 1.62. The first-order valence-corrected chi connectivity index (χ1v) is 9.01. The van der Waals surface area contributed by atoms with Gasteiger partial charge in [-0.3, -0.25) is 0 Å². The zero-order chi connectivity index (χ0) is 18.1. The maximum Gasteiger partial charge on any atom is 0.215 e. The van der Waals surface area contributed by atoms with Crippen molar-refractivity contribution < 1.29 is 9.13 Å². The van der Waals surface area contributed by atoms with Gasteiger partial charge in [-0.25, -0.2) is 9.37 Å². The average molecular weight is 389 g/mol. The monoisotopic (exact) mass is 388 g/mol. The van der Waals surface area contributed by atoms with E-state index in [0.29, 0.717) is 27.5 Å². The van der Waals surface area contributed by atoms with Crippen LogP contribution in [-0.4, -0.2) is 21.7 Å². The highest BCUT2D eigenvalue weighted by molar-refractivity contribution is 7.20. The van der Waals surface area contributed by atoms with E-state index >= 15 is 0 Å². The molecule has 0 saturated heterocycles. The van der Waals surface area contributed by atoms with Gasteiger partial charge in [0.15, 0.2) is 5.15 Å². The highest BCUT2D eigenvalue weighted by Gasteiger charge is 2.16. The van der Waals surface area contributed by atoms with Crippen molar-refractivity contribution in [3.63, 3.8) is 0 Å². The molecule has 1 N–H and O–H groups in total. The molecule has 2 aromatic heterocycles. The van der Waals surface area contributed by atoms with Gasteiger partial charge in [0.25, 0.3) is 0 Å². The minimum absolute atomic E-state index is 0.251. The largest absolute Gasteiger partial charge is 0.497 e. The van der Waals surface area contributed by atoms with Crippen LogP contribution in [0, 0.1) is 5.82 Å². The second kappa shape index (κ2) is 6.93. The Morgan fingerprint density at radius 2 is 1.88 bits per heavy atom. The third kappa shape index (κ3) is 3.23. The molecule has 4 rings (SSSR count). The summed E-state index contributed by atoms with van der Waals surface area (Å²) >= 11 is 7.86. The first-order chi connectivity index (χ1) is 12.6. The Morgan fingerprint density at radius 1 is 1.15 bits per heavy atom. The second-order valence-electron chi connectivity index (χ2n) is 5.56. The minimum Gasteiger partial charge on any atom is -0.497 e. The smallest absolute Gasteiger partial charge is 0.215 e. The number of methoxy groups -OCH3 is 1. The molecule has 0 fully saturated rings. The van der Waals surface area contributed by atoms with Crippen LogP contribution in [0.15, 0.2) is 48.5 Å². The molecule has 0 unspecified atom stereocenters. The van der Waals surface area contributed by atoms with Crippen molar-refractivity contribution in [2.75, 3.05) is 12.4 Å². The van der Waals surface area contributed by atoms with Gasteiger partial charge in [0, 0.05) is 12.1 Å². The van der Waals surface area contributed by atoms with Gasteiger partial charge in [-0.15, -0.1) is 5.10 Å². The van der Waals surface area contributed by atoms with Crippen LogP contribution in [0.4, 0.5) is 9.52 Å². The van der Waals surface area contributed by atoms with Crippen LogP contribution in [0.1, 0.15) is 5.56 Å². The van der Waals surface area contributed by atoms with E-state index in [1.54, 1.807) is 23.8 Å². The fraction of sp³-hybridized carbons (Fsp3) is 0.111. The molecule has 0 atom stereocenters. The molecule has 5 nitrogen and oxygen atoms in total. The number of imidazole rings is 1. The molecule has 2 aromatic carbocycles. The van der Waals surface area contributed by atoms with E-state index in [9.17, 15) is 4.39 Å². The molecular formula is C18H14ClFN4OS. The molecule has 4 aromatic rings.